The molecule has 0 aliphatic rings. The molecule has 0 spiro atoms. The van der Waals surface area contributed by atoms with Gasteiger partial charge in [0.2, 0.25) is 0 Å². The van der Waals surface area contributed by atoms with Crippen molar-refractivity contribution >= 4 is 25.0 Å². The van der Waals surface area contributed by atoms with Gasteiger partial charge < -0.3 is 18.8 Å². The maximum atomic E-state index is 12.8. The maximum absolute atomic E-state index is 12.8. The first kappa shape index (κ1) is 21.6. The lowest BCUT2D eigenvalue weighted by Crippen LogP contribution is -2.20. The van der Waals surface area contributed by atoms with Crippen molar-refractivity contribution in [3.8, 4) is 0 Å². The molecule has 0 aromatic carbocycles. The molecule has 134 valence electrons. The van der Waals surface area contributed by atoms with Crippen LogP contribution >= 0.6 is 7.14 Å². The van der Waals surface area contributed by atoms with Gasteiger partial charge in [0.1, 0.15) is 19.0 Å². The van der Waals surface area contributed by atoms with E-state index >= 15 is 0 Å². The van der Waals surface area contributed by atoms with Gasteiger partial charge in [0.15, 0.2) is 7.14 Å². The maximum Gasteiger partial charge on any atom is 0.308 e. The normalized spacial score (nSPS) is 11.7. The van der Waals surface area contributed by atoms with E-state index in [0.717, 1.165) is 0 Å². The highest BCUT2D eigenvalue weighted by molar-refractivity contribution is 7.63. The molecule has 0 aliphatic heterocycles. The Morgan fingerprint density at radius 3 is 1.04 bits per heavy atom. The van der Waals surface area contributed by atoms with E-state index in [0.29, 0.717) is 0 Å². The Labute approximate surface area is 137 Å². The van der Waals surface area contributed by atoms with Gasteiger partial charge in [-0.3, -0.25) is 14.4 Å². The number of esters is 3. The zero-order chi connectivity index (χ0) is 18.2. The van der Waals surface area contributed by atoms with E-state index in [4.69, 9.17) is 14.2 Å². The molecule has 8 heteroatoms. The van der Waals surface area contributed by atoms with Gasteiger partial charge in [0, 0.05) is 0 Å². The fraction of sp³-hybridized carbons (Fsp3) is 0.800. The SMILES string of the molecule is CC(C)C(=O)OCP(=O)(COC(=O)C(C)C)COC(=O)C(C)C. The first-order valence-corrected chi connectivity index (χ1v) is 9.81. The summed E-state index contributed by atoms with van der Waals surface area (Å²) in [5, 5.41) is 0. The van der Waals surface area contributed by atoms with Gasteiger partial charge in [-0.2, -0.15) is 0 Å². The Morgan fingerprint density at radius 2 is 0.870 bits per heavy atom. The Hall–Kier alpha value is -1.36. The van der Waals surface area contributed by atoms with Gasteiger partial charge in [-0.05, 0) is 0 Å². The Balaban J connectivity index is 4.82. The minimum atomic E-state index is -3.33. The topological polar surface area (TPSA) is 96.0 Å². The summed E-state index contributed by atoms with van der Waals surface area (Å²) < 4.78 is 27.7. The first-order chi connectivity index (χ1) is 10.5. The zero-order valence-electron chi connectivity index (χ0n) is 14.7. The summed E-state index contributed by atoms with van der Waals surface area (Å²) in [5.41, 5.74) is 0. The Bertz CT molecular complexity index is 402. The molecule has 0 heterocycles. The number of hydrogen-bond donors (Lipinski definition) is 0. The summed E-state index contributed by atoms with van der Waals surface area (Å²) in [5.74, 6) is -2.68. The highest BCUT2D eigenvalue weighted by Crippen LogP contribution is 2.46. The largest absolute Gasteiger partial charge is 0.457 e. The van der Waals surface area contributed by atoms with Crippen molar-refractivity contribution in [1.82, 2.24) is 0 Å². The van der Waals surface area contributed by atoms with Crippen LogP contribution < -0.4 is 0 Å². The number of rotatable bonds is 9. The summed E-state index contributed by atoms with van der Waals surface area (Å²) >= 11 is 0. The second-order valence-corrected chi connectivity index (χ2v) is 9.19. The minimum absolute atomic E-state index is 0.375. The average molecular weight is 350 g/mol. The molecule has 0 atom stereocenters. The fourth-order valence-electron chi connectivity index (χ4n) is 1.16. The predicted octanol–water partition coefficient (Wildman–Crippen LogP) is 2.82. The number of ether oxygens (including phenoxy) is 3. The van der Waals surface area contributed by atoms with Crippen LogP contribution in [0.2, 0.25) is 0 Å². The second kappa shape index (κ2) is 9.71. The molecule has 23 heavy (non-hydrogen) atoms. The fourth-order valence-corrected chi connectivity index (χ4v) is 2.47. The van der Waals surface area contributed by atoms with Crippen molar-refractivity contribution in [2.75, 3.05) is 19.0 Å². The Kier molecular flexibility index (Phi) is 9.13. The number of hydrogen-bond acceptors (Lipinski definition) is 7. The molecule has 0 aliphatic carbocycles. The van der Waals surface area contributed by atoms with Crippen LogP contribution in [0.4, 0.5) is 0 Å². The van der Waals surface area contributed by atoms with Crippen LogP contribution in [0.15, 0.2) is 0 Å². The van der Waals surface area contributed by atoms with E-state index in [2.05, 4.69) is 0 Å². The molecule has 0 aromatic heterocycles. The van der Waals surface area contributed by atoms with Crippen LogP contribution in [0, 0.1) is 17.8 Å². The van der Waals surface area contributed by atoms with E-state index in [-0.39, 0.29) is 17.8 Å². The van der Waals surface area contributed by atoms with Crippen molar-refractivity contribution in [1.29, 1.82) is 0 Å². The van der Waals surface area contributed by atoms with Gasteiger partial charge in [-0.25, -0.2) is 0 Å². The number of carbonyl (C=O) groups is 3. The summed E-state index contributed by atoms with van der Waals surface area (Å²) in [7, 11) is -3.33. The zero-order valence-corrected chi connectivity index (χ0v) is 15.6. The molecule has 0 saturated carbocycles. The van der Waals surface area contributed by atoms with Gasteiger partial charge in [-0.1, -0.05) is 41.5 Å². The lowest BCUT2D eigenvalue weighted by molar-refractivity contribution is -0.145. The predicted molar refractivity (Wildman–Crippen MR) is 85.0 cm³/mol. The quantitative estimate of drug-likeness (QED) is 0.358. The molecule has 0 fully saturated rings. The molecule has 0 rings (SSSR count). The third kappa shape index (κ3) is 8.74. The highest BCUT2D eigenvalue weighted by atomic mass is 31.2. The smallest absolute Gasteiger partial charge is 0.308 e. The van der Waals surface area contributed by atoms with Crippen molar-refractivity contribution in [2.24, 2.45) is 17.8 Å². The standard InChI is InChI=1S/C15H27O7P/c1-10(2)13(16)20-7-23(19,8-21-14(17)11(3)4)9-22-15(18)12(5)6/h10-12H,7-9H2,1-6H3. The lowest BCUT2D eigenvalue weighted by Gasteiger charge is -2.20. The lowest BCUT2D eigenvalue weighted by atomic mass is 10.2. The monoisotopic (exact) mass is 350 g/mol. The van der Waals surface area contributed by atoms with Gasteiger partial charge in [0.05, 0.1) is 17.8 Å². The molecule has 0 N–H and O–H groups in total. The third-order valence-corrected chi connectivity index (χ3v) is 4.54. The van der Waals surface area contributed by atoms with Crippen LogP contribution in [0.3, 0.4) is 0 Å². The average Bonchev–Trinajstić information content (AvgIpc) is 2.47. The van der Waals surface area contributed by atoms with Crippen molar-refractivity contribution in [2.45, 2.75) is 41.5 Å². The van der Waals surface area contributed by atoms with Crippen molar-refractivity contribution in [3.63, 3.8) is 0 Å². The molecular weight excluding hydrogens is 323 g/mol. The summed E-state index contributed by atoms with van der Waals surface area (Å²) in [4.78, 5) is 34.6. The van der Waals surface area contributed by atoms with E-state index < -0.39 is 44.1 Å². The van der Waals surface area contributed by atoms with Crippen LogP contribution in [0.5, 0.6) is 0 Å². The molecule has 0 bridgehead atoms. The Morgan fingerprint density at radius 1 is 0.652 bits per heavy atom. The molecule has 7 nitrogen and oxygen atoms in total. The van der Waals surface area contributed by atoms with Crippen LogP contribution in [-0.4, -0.2) is 37.0 Å². The van der Waals surface area contributed by atoms with Crippen molar-refractivity contribution in [3.05, 3.63) is 0 Å². The van der Waals surface area contributed by atoms with Crippen LogP contribution in [-0.2, 0) is 33.2 Å². The minimum Gasteiger partial charge on any atom is -0.457 e. The van der Waals surface area contributed by atoms with E-state index in [1.54, 1.807) is 41.5 Å². The van der Waals surface area contributed by atoms with Crippen molar-refractivity contribution < 1.29 is 33.2 Å². The molecule has 0 amide bonds. The summed E-state index contributed by atoms with van der Waals surface area (Å²) in [6, 6.07) is 0. The second-order valence-electron chi connectivity index (χ2n) is 6.30. The molecule has 0 radical (unpaired) electrons. The van der Waals surface area contributed by atoms with E-state index in [9.17, 15) is 18.9 Å². The number of carbonyl (C=O) groups excluding carboxylic acids is 3. The molecule has 0 aromatic rings. The molecular formula is C15H27O7P. The summed E-state index contributed by atoms with van der Waals surface area (Å²) in [6.45, 7) is 9.86. The van der Waals surface area contributed by atoms with Crippen LogP contribution in [0.25, 0.3) is 0 Å². The summed E-state index contributed by atoms with van der Waals surface area (Å²) in [6.07, 6.45) is -1.29. The van der Waals surface area contributed by atoms with Gasteiger partial charge in [-0.15, -0.1) is 0 Å². The highest BCUT2D eigenvalue weighted by Gasteiger charge is 2.30. The van der Waals surface area contributed by atoms with Crippen LogP contribution in [0.1, 0.15) is 41.5 Å². The first-order valence-electron chi connectivity index (χ1n) is 7.55. The molecule has 0 unspecified atom stereocenters. The molecule has 0 saturated heterocycles. The van der Waals surface area contributed by atoms with E-state index in [1.807, 2.05) is 0 Å². The van der Waals surface area contributed by atoms with E-state index in [1.165, 1.54) is 0 Å². The van der Waals surface area contributed by atoms with Gasteiger partial charge >= 0.3 is 17.9 Å². The third-order valence-electron chi connectivity index (χ3n) is 2.74. The van der Waals surface area contributed by atoms with Gasteiger partial charge in [0.25, 0.3) is 0 Å².